The summed E-state index contributed by atoms with van der Waals surface area (Å²) >= 11 is 0. The highest BCUT2D eigenvalue weighted by Gasteiger charge is 2.57. The molecule has 0 aromatic heterocycles. The summed E-state index contributed by atoms with van der Waals surface area (Å²) in [5, 5.41) is 3.24. The molecule has 3 atom stereocenters. The molecule has 1 heterocycles. The van der Waals surface area contributed by atoms with E-state index in [4.69, 9.17) is 0 Å². The largest absolute Gasteiger partial charge is 0.338 e. The lowest BCUT2D eigenvalue weighted by atomic mass is 10.00. The van der Waals surface area contributed by atoms with Crippen molar-refractivity contribution in [2.75, 3.05) is 20.1 Å². The second kappa shape index (κ2) is 4.60. The molecule has 3 aliphatic rings. The summed E-state index contributed by atoms with van der Waals surface area (Å²) in [6.07, 6.45) is 7.66. The SMILES string of the molecule is CNCC1CCCCN1C(=O)C1C2CCCC21. The van der Waals surface area contributed by atoms with Gasteiger partial charge in [0.2, 0.25) is 5.91 Å². The number of rotatable bonds is 3. The van der Waals surface area contributed by atoms with Crippen LogP contribution in [0.3, 0.4) is 0 Å². The molecule has 3 fully saturated rings. The second-order valence-corrected chi connectivity index (χ2v) is 6.02. The molecule has 0 bridgehead atoms. The predicted octanol–water partition coefficient (Wildman–Crippen LogP) is 1.63. The van der Waals surface area contributed by atoms with Crippen molar-refractivity contribution in [3.8, 4) is 0 Å². The first-order chi connectivity index (χ1) is 8.33. The van der Waals surface area contributed by atoms with Crippen LogP contribution in [0, 0.1) is 17.8 Å². The summed E-state index contributed by atoms with van der Waals surface area (Å²) in [4.78, 5) is 14.8. The van der Waals surface area contributed by atoms with Crippen molar-refractivity contribution >= 4 is 5.91 Å². The number of hydrogen-bond acceptors (Lipinski definition) is 2. The van der Waals surface area contributed by atoms with Gasteiger partial charge in [-0.1, -0.05) is 6.42 Å². The Morgan fingerprint density at radius 1 is 1.18 bits per heavy atom. The van der Waals surface area contributed by atoms with E-state index in [1.54, 1.807) is 0 Å². The minimum absolute atomic E-state index is 0.418. The Morgan fingerprint density at radius 2 is 1.94 bits per heavy atom. The third-order valence-electron chi connectivity index (χ3n) is 5.04. The van der Waals surface area contributed by atoms with Gasteiger partial charge in [0.05, 0.1) is 0 Å². The predicted molar refractivity (Wildman–Crippen MR) is 67.6 cm³/mol. The van der Waals surface area contributed by atoms with E-state index >= 15 is 0 Å². The second-order valence-electron chi connectivity index (χ2n) is 6.02. The van der Waals surface area contributed by atoms with Gasteiger partial charge in [0.25, 0.3) is 0 Å². The Labute approximate surface area is 104 Å². The van der Waals surface area contributed by atoms with Gasteiger partial charge < -0.3 is 10.2 Å². The molecule has 3 heteroatoms. The van der Waals surface area contributed by atoms with E-state index in [2.05, 4.69) is 10.2 Å². The highest BCUT2D eigenvalue weighted by Crippen LogP contribution is 2.58. The molecule has 3 rings (SSSR count). The molecule has 0 spiro atoms. The zero-order chi connectivity index (χ0) is 11.8. The van der Waals surface area contributed by atoms with Crippen LogP contribution in [0.25, 0.3) is 0 Å². The van der Waals surface area contributed by atoms with Gasteiger partial charge in [0.15, 0.2) is 0 Å². The number of nitrogens with zero attached hydrogens (tertiary/aromatic N) is 1. The first kappa shape index (κ1) is 11.5. The van der Waals surface area contributed by atoms with E-state index in [0.717, 1.165) is 24.9 Å². The molecule has 0 aromatic rings. The monoisotopic (exact) mass is 236 g/mol. The van der Waals surface area contributed by atoms with E-state index in [1.165, 1.54) is 38.5 Å². The van der Waals surface area contributed by atoms with Crippen LogP contribution in [0.2, 0.25) is 0 Å². The normalized spacial score (nSPS) is 40.2. The molecule has 0 radical (unpaired) electrons. The Kier molecular flexibility index (Phi) is 3.12. The molecule has 0 aromatic carbocycles. The number of carbonyl (C=O) groups excluding carboxylic acids is 1. The van der Waals surface area contributed by atoms with E-state index in [9.17, 15) is 4.79 Å². The van der Waals surface area contributed by atoms with Crippen molar-refractivity contribution in [2.24, 2.45) is 17.8 Å². The molecule has 3 nitrogen and oxygen atoms in total. The number of amides is 1. The van der Waals surface area contributed by atoms with Crippen LogP contribution in [-0.4, -0.2) is 37.0 Å². The fraction of sp³-hybridized carbons (Fsp3) is 0.929. The van der Waals surface area contributed by atoms with Crippen LogP contribution in [0.1, 0.15) is 38.5 Å². The van der Waals surface area contributed by atoms with Gasteiger partial charge in [-0.3, -0.25) is 4.79 Å². The van der Waals surface area contributed by atoms with Crippen molar-refractivity contribution < 1.29 is 4.79 Å². The van der Waals surface area contributed by atoms with Gasteiger partial charge in [0.1, 0.15) is 0 Å². The molecule has 3 unspecified atom stereocenters. The van der Waals surface area contributed by atoms with Crippen LogP contribution in [0.5, 0.6) is 0 Å². The molecule has 1 amide bonds. The Morgan fingerprint density at radius 3 is 2.65 bits per heavy atom. The van der Waals surface area contributed by atoms with E-state index in [-0.39, 0.29) is 0 Å². The van der Waals surface area contributed by atoms with Crippen LogP contribution >= 0.6 is 0 Å². The Balaban J connectivity index is 1.63. The van der Waals surface area contributed by atoms with Gasteiger partial charge in [-0.25, -0.2) is 0 Å². The first-order valence-electron chi connectivity index (χ1n) is 7.28. The molecule has 1 saturated heterocycles. The average molecular weight is 236 g/mol. The average Bonchev–Trinajstić information content (AvgIpc) is 2.82. The summed E-state index contributed by atoms with van der Waals surface area (Å²) < 4.78 is 0. The van der Waals surface area contributed by atoms with Crippen LogP contribution in [-0.2, 0) is 4.79 Å². The van der Waals surface area contributed by atoms with Gasteiger partial charge >= 0.3 is 0 Å². The maximum Gasteiger partial charge on any atom is 0.226 e. The topological polar surface area (TPSA) is 32.3 Å². The smallest absolute Gasteiger partial charge is 0.226 e. The third kappa shape index (κ3) is 1.99. The molecule has 96 valence electrons. The first-order valence-corrected chi connectivity index (χ1v) is 7.28. The molecule has 1 N–H and O–H groups in total. The third-order valence-corrected chi connectivity index (χ3v) is 5.04. The van der Waals surface area contributed by atoms with Crippen molar-refractivity contribution in [1.29, 1.82) is 0 Å². The fourth-order valence-corrected chi connectivity index (χ4v) is 4.12. The fourth-order valence-electron chi connectivity index (χ4n) is 4.12. The number of piperidine rings is 1. The molecule has 2 saturated carbocycles. The van der Waals surface area contributed by atoms with Gasteiger partial charge in [-0.2, -0.15) is 0 Å². The zero-order valence-electron chi connectivity index (χ0n) is 10.8. The zero-order valence-corrected chi connectivity index (χ0v) is 10.8. The van der Waals surface area contributed by atoms with Crippen molar-refractivity contribution in [1.82, 2.24) is 10.2 Å². The number of hydrogen-bond donors (Lipinski definition) is 1. The standard InChI is InChI=1S/C14H24N2O/c1-15-9-10-5-2-3-8-16(10)14(17)13-11-6-4-7-12(11)13/h10-13,15H,2-9H2,1H3. The summed E-state index contributed by atoms with van der Waals surface area (Å²) in [5.74, 6) is 2.43. The molecular weight excluding hydrogens is 212 g/mol. The number of fused-ring (bicyclic) bond motifs is 1. The minimum Gasteiger partial charge on any atom is -0.338 e. The van der Waals surface area contributed by atoms with Crippen molar-refractivity contribution in [2.45, 2.75) is 44.6 Å². The quantitative estimate of drug-likeness (QED) is 0.808. The van der Waals surface area contributed by atoms with Crippen molar-refractivity contribution in [3.05, 3.63) is 0 Å². The Bertz CT molecular complexity index is 293. The summed E-state index contributed by atoms with van der Waals surface area (Å²) in [6.45, 7) is 1.97. The summed E-state index contributed by atoms with van der Waals surface area (Å²) in [7, 11) is 1.99. The number of nitrogens with one attached hydrogen (secondary N) is 1. The molecule has 1 aliphatic heterocycles. The van der Waals surface area contributed by atoms with E-state index < -0.39 is 0 Å². The molecule has 2 aliphatic carbocycles. The van der Waals surface area contributed by atoms with Gasteiger partial charge in [-0.15, -0.1) is 0 Å². The lowest BCUT2D eigenvalue weighted by molar-refractivity contribution is -0.137. The lowest BCUT2D eigenvalue weighted by Gasteiger charge is -2.36. The summed E-state index contributed by atoms with van der Waals surface area (Å²) in [6, 6.07) is 0.461. The van der Waals surface area contributed by atoms with Gasteiger partial charge in [0, 0.05) is 25.0 Å². The summed E-state index contributed by atoms with van der Waals surface area (Å²) in [5.41, 5.74) is 0. The van der Waals surface area contributed by atoms with Crippen LogP contribution < -0.4 is 5.32 Å². The van der Waals surface area contributed by atoms with E-state index in [1.807, 2.05) is 7.05 Å². The maximum atomic E-state index is 12.6. The maximum absolute atomic E-state index is 12.6. The highest BCUT2D eigenvalue weighted by molar-refractivity contribution is 5.83. The number of likely N-dealkylation sites (N-methyl/N-ethyl adjacent to an activating group) is 1. The van der Waals surface area contributed by atoms with Crippen LogP contribution in [0.4, 0.5) is 0 Å². The lowest BCUT2D eigenvalue weighted by Crippen LogP contribution is -2.49. The number of likely N-dealkylation sites (tertiary alicyclic amines) is 1. The van der Waals surface area contributed by atoms with Crippen molar-refractivity contribution in [3.63, 3.8) is 0 Å². The molecule has 17 heavy (non-hydrogen) atoms. The van der Waals surface area contributed by atoms with Gasteiger partial charge in [-0.05, 0) is 51.0 Å². The van der Waals surface area contributed by atoms with Crippen LogP contribution in [0.15, 0.2) is 0 Å². The Hall–Kier alpha value is -0.570. The minimum atomic E-state index is 0.418. The molecular formula is C14H24N2O. The number of carbonyl (C=O) groups is 1. The highest BCUT2D eigenvalue weighted by atomic mass is 16.2. The van der Waals surface area contributed by atoms with E-state index in [0.29, 0.717) is 17.9 Å².